The molecular formula is C56H46CoN6O2. The first kappa shape index (κ1) is 41.9. The molecule has 4 aromatic carbocycles. The van der Waals surface area contributed by atoms with Crippen molar-refractivity contribution >= 4 is 69.6 Å². The SMILES string of the molecule is CC1(C)C[C@@H]1C(=O)Nc1cccc(NC(=O)[C@@H]2CC2(C)C)c1-c1c2nc(c(-c3ccccc3)c3ccc([n-]3)c(-c3ccccc3)c3nc(c(-c4ccccc4)c4ccc1[n-]4)C=C3)C=C2.[Co+2]. The van der Waals surface area contributed by atoms with Gasteiger partial charge in [-0.05, 0) is 99.1 Å². The van der Waals surface area contributed by atoms with E-state index in [0.717, 1.165) is 79.9 Å². The van der Waals surface area contributed by atoms with Crippen molar-refractivity contribution in [2.75, 3.05) is 10.6 Å². The van der Waals surface area contributed by atoms with Gasteiger partial charge in [0, 0.05) is 17.4 Å². The Kier molecular flexibility index (Phi) is 10.4. The predicted molar refractivity (Wildman–Crippen MR) is 260 cm³/mol. The zero-order valence-electron chi connectivity index (χ0n) is 36.5. The molecule has 5 heterocycles. The number of anilines is 2. The number of hydrogen-bond donors (Lipinski definition) is 2. The summed E-state index contributed by atoms with van der Waals surface area (Å²) < 4.78 is 0. The fraction of sp³-hybridized carbons (Fsp3) is 0.179. The zero-order valence-corrected chi connectivity index (χ0v) is 37.6. The Balaban J connectivity index is 0.00000498. The topological polar surface area (TPSA) is 112 Å². The molecule has 321 valence electrons. The molecule has 0 spiro atoms. The van der Waals surface area contributed by atoms with E-state index < -0.39 is 0 Å². The summed E-state index contributed by atoms with van der Waals surface area (Å²) in [6.45, 7) is 8.46. The van der Waals surface area contributed by atoms with Crippen molar-refractivity contribution < 1.29 is 26.4 Å². The molecule has 0 saturated heterocycles. The first-order valence-corrected chi connectivity index (χ1v) is 22.0. The Labute approximate surface area is 388 Å². The van der Waals surface area contributed by atoms with Gasteiger partial charge in [0.15, 0.2) is 0 Å². The van der Waals surface area contributed by atoms with Gasteiger partial charge in [0.05, 0.1) is 34.2 Å². The van der Waals surface area contributed by atoms with Crippen LogP contribution in [0.3, 0.4) is 0 Å². The van der Waals surface area contributed by atoms with E-state index in [0.29, 0.717) is 33.7 Å². The van der Waals surface area contributed by atoms with Crippen LogP contribution in [-0.4, -0.2) is 21.8 Å². The van der Waals surface area contributed by atoms with Crippen molar-refractivity contribution in [2.45, 2.75) is 40.5 Å². The number of benzene rings is 4. The van der Waals surface area contributed by atoms with E-state index in [1.807, 2.05) is 97.1 Å². The van der Waals surface area contributed by atoms with Crippen LogP contribution in [0.25, 0.3) is 90.9 Å². The molecule has 9 heteroatoms. The van der Waals surface area contributed by atoms with Crippen molar-refractivity contribution in [3.8, 4) is 44.5 Å². The third-order valence-electron chi connectivity index (χ3n) is 13.3. The van der Waals surface area contributed by atoms with Crippen LogP contribution in [-0.2, 0) is 26.4 Å². The van der Waals surface area contributed by atoms with Gasteiger partial charge in [0.2, 0.25) is 11.8 Å². The summed E-state index contributed by atoms with van der Waals surface area (Å²) in [5.74, 6) is -0.368. The number of amides is 2. The molecule has 8 nitrogen and oxygen atoms in total. The monoisotopic (exact) mass is 893 g/mol. The van der Waals surface area contributed by atoms with Crippen molar-refractivity contribution in [1.29, 1.82) is 0 Å². The van der Waals surface area contributed by atoms with Gasteiger partial charge in [-0.25, -0.2) is 9.97 Å². The maximum absolute atomic E-state index is 14.0. The molecule has 8 bridgehead atoms. The molecule has 2 N–H and O–H groups in total. The summed E-state index contributed by atoms with van der Waals surface area (Å²) >= 11 is 0. The van der Waals surface area contributed by atoms with Crippen LogP contribution < -0.4 is 20.6 Å². The average Bonchev–Trinajstić information content (AvgIpc) is 3.73. The third kappa shape index (κ3) is 7.74. The van der Waals surface area contributed by atoms with Crippen LogP contribution in [0, 0.1) is 22.7 Å². The number of rotatable bonds is 8. The molecule has 2 fully saturated rings. The molecule has 2 saturated carbocycles. The van der Waals surface area contributed by atoms with Crippen molar-refractivity contribution in [1.82, 2.24) is 19.9 Å². The third-order valence-corrected chi connectivity index (χ3v) is 13.3. The molecule has 3 aromatic heterocycles. The molecule has 1 radical (unpaired) electrons. The zero-order chi connectivity index (χ0) is 43.7. The molecule has 7 aromatic rings. The Morgan fingerprint density at radius 2 is 0.754 bits per heavy atom. The van der Waals surface area contributed by atoms with Gasteiger partial charge in [-0.2, -0.15) is 0 Å². The number of nitrogens with zero attached hydrogens (tertiary/aromatic N) is 4. The molecule has 2 amide bonds. The summed E-state index contributed by atoms with van der Waals surface area (Å²) in [6, 6.07) is 44.6. The summed E-state index contributed by atoms with van der Waals surface area (Å²) in [6.07, 6.45) is 9.77. The minimum atomic E-state index is -0.130. The second-order valence-corrected chi connectivity index (χ2v) is 18.7. The average molecular weight is 894 g/mol. The smallest absolute Gasteiger partial charge is 0.657 e. The Hall–Kier alpha value is -7.07. The molecule has 4 aliphatic rings. The number of fused-ring (bicyclic) bond motifs is 8. The largest absolute Gasteiger partial charge is 2.00 e. The summed E-state index contributed by atoms with van der Waals surface area (Å²) in [7, 11) is 0. The minimum Gasteiger partial charge on any atom is -0.657 e. The van der Waals surface area contributed by atoms with E-state index in [-0.39, 0.29) is 51.3 Å². The van der Waals surface area contributed by atoms with Crippen molar-refractivity contribution in [2.24, 2.45) is 22.7 Å². The van der Waals surface area contributed by atoms with E-state index in [1.165, 1.54) is 0 Å². The Morgan fingerprint density at radius 1 is 0.446 bits per heavy atom. The molecule has 2 aliphatic carbocycles. The number of nitrogens with one attached hydrogen (secondary N) is 2. The Bertz CT molecular complexity index is 3180. The second kappa shape index (κ2) is 16.2. The van der Waals surface area contributed by atoms with E-state index >= 15 is 0 Å². The van der Waals surface area contributed by atoms with Crippen LogP contribution in [0.1, 0.15) is 63.3 Å². The number of carbonyl (C=O) groups excluding carboxylic acids is 2. The van der Waals surface area contributed by atoms with Gasteiger partial charge in [-0.3, -0.25) is 9.59 Å². The van der Waals surface area contributed by atoms with E-state index in [9.17, 15) is 9.59 Å². The Morgan fingerprint density at radius 3 is 1.08 bits per heavy atom. The second-order valence-electron chi connectivity index (χ2n) is 18.7. The molecular weight excluding hydrogens is 848 g/mol. The van der Waals surface area contributed by atoms with Crippen molar-refractivity contribution in [3.05, 3.63) is 156 Å². The van der Waals surface area contributed by atoms with Gasteiger partial charge in [0.1, 0.15) is 0 Å². The molecule has 2 aliphatic heterocycles. The van der Waals surface area contributed by atoms with E-state index in [4.69, 9.17) is 19.9 Å². The fourth-order valence-electron chi connectivity index (χ4n) is 9.34. The first-order chi connectivity index (χ1) is 31.0. The maximum atomic E-state index is 14.0. The van der Waals surface area contributed by atoms with Gasteiger partial charge >= 0.3 is 16.8 Å². The number of aromatic nitrogens is 4. The van der Waals surface area contributed by atoms with E-state index in [1.54, 1.807) is 0 Å². The van der Waals surface area contributed by atoms with Crippen LogP contribution in [0.5, 0.6) is 0 Å². The van der Waals surface area contributed by atoms with Crippen LogP contribution >= 0.6 is 0 Å². The van der Waals surface area contributed by atoms with Crippen LogP contribution in [0.2, 0.25) is 0 Å². The van der Waals surface area contributed by atoms with Gasteiger partial charge in [-0.1, -0.05) is 149 Å². The molecule has 11 rings (SSSR count). The quantitative estimate of drug-likeness (QED) is 0.157. The molecule has 2 atom stereocenters. The summed E-state index contributed by atoms with van der Waals surface area (Å²) in [4.78, 5) is 49.7. The predicted octanol–water partition coefficient (Wildman–Crippen LogP) is 12.5. The molecule has 65 heavy (non-hydrogen) atoms. The van der Waals surface area contributed by atoms with Crippen LogP contribution in [0.4, 0.5) is 11.4 Å². The standard InChI is InChI=1S/C56H48N6O2.Co/c1-55(2)31-36(55)53(63)61-38-21-14-22-39(62-54(64)37-32-56(37,3)4)51(38)52-46-29-27-44(59-46)49(34-17-10-6-11-18-34)42-25-23-40(57-42)48(33-15-8-5-9-16-33)41-24-26-43(58-41)50(35-19-12-7-13-20-35)45-28-30-47(52)60-45;/h5-30,36-37H,31-32H2,1-4H3,(H4,57,58,59,60,61,62,63,64);/q;+2/p-2/t36-,37+;. The van der Waals surface area contributed by atoms with Gasteiger partial charge < -0.3 is 20.6 Å². The van der Waals surface area contributed by atoms with E-state index in [2.05, 4.69) is 99.0 Å². The fourth-order valence-corrected chi connectivity index (χ4v) is 9.34. The van der Waals surface area contributed by atoms with Crippen molar-refractivity contribution in [3.63, 3.8) is 0 Å². The first-order valence-electron chi connectivity index (χ1n) is 22.0. The normalized spacial score (nSPS) is 17.2. The van der Waals surface area contributed by atoms with Gasteiger partial charge in [-0.15, -0.1) is 22.1 Å². The van der Waals surface area contributed by atoms with Gasteiger partial charge in [0.25, 0.3) is 0 Å². The summed E-state index contributed by atoms with van der Waals surface area (Å²) in [5, 5.41) is 6.62. The number of carbonyl (C=O) groups is 2. The minimum absolute atomic E-state index is 0. The number of hydrogen-bond acceptors (Lipinski definition) is 4. The van der Waals surface area contributed by atoms with Crippen LogP contribution in [0.15, 0.2) is 133 Å². The summed E-state index contributed by atoms with van der Waals surface area (Å²) in [5.41, 5.74) is 13.7. The maximum Gasteiger partial charge on any atom is 2.00 e. The molecule has 0 unspecified atom stereocenters.